The maximum absolute atomic E-state index is 13.7. The van der Waals surface area contributed by atoms with Gasteiger partial charge in [-0.1, -0.05) is 6.07 Å². The van der Waals surface area contributed by atoms with Crippen LogP contribution in [0.1, 0.15) is 15.9 Å². The lowest BCUT2D eigenvalue weighted by Gasteiger charge is -2.14. The van der Waals surface area contributed by atoms with Crippen LogP contribution in [0.25, 0.3) is 0 Å². The molecule has 0 spiro atoms. The first-order valence-electron chi connectivity index (χ1n) is 8.28. The van der Waals surface area contributed by atoms with Crippen molar-refractivity contribution in [1.82, 2.24) is 10.9 Å². The molecule has 9 heteroatoms. The van der Waals surface area contributed by atoms with E-state index in [9.17, 15) is 14.0 Å². The lowest BCUT2D eigenvalue weighted by molar-refractivity contribution is -0.120. The summed E-state index contributed by atoms with van der Waals surface area (Å²) in [6.45, 7) is 1.54. The molecule has 2 aromatic rings. The van der Waals surface area contributed by atoms with Crippen molar-refractivity contribution in [3.05, 3.63) is 47.3 Å². The molecule has 0 aliphatic heterocycles. The molecule has 0 atom stereocenters. The molecule has 0 aromatic heterocycles. The van der Waals surface area contributed by atoms with Crippen LogP contribution in [-0.2, 0) is 4.79 Å². The number of hydrogen-bond donors (Lipinski definition) is 3. The second-order valence-corrected chi connectivity index (χ2v) is 5.75. The van der Waals surface area contributed by atoms with Gasteiger partial charge >= 0.3 is 0 Å². The standard InChI is InChI=1S/C19H22FN3O5/c1-11-5-6-14(13(20)7-11)21-10-17(24)22-23-19(25)12-8-15(26-2)18(28-4)16(9-12)27-3/h5-9,21H,10H2,1-4H3,(H,22,24)(H,23,25). The average molecular weight is 391 g/mol. The molecular weight excluding hydrogens is 369 g/mol. The molecule has 0 aliphatic rings. The van der Waals surface area contributed by atoms with Gasteiger partial charge in [0.15, 0.2) is 11.5 Å². The first-order chi connectivity index (χ1) is 13.4. The second-order valence-electron chi connectivity index (χ2n) is 5.75. The maximum Gasteiger partial charge on any atom is 0.269 e. The molecule has 0 saturated carbocycles. The molecule has 0 radical (unpaired) electrons. The Bertz CT molecular complexity index is 848. The molecule has 2 amide bonds. The van der Waals surface area contributed by atoms with Crippen LogP contribution in [0.3, 0.4) is 0 Å². The lowest BCUT2D eigenvalue weighted by Crippen LogP contribution is -2.44. The molecule has 2 aromatic carbocycles. The number of rotatable bonds is 7. The minimum atomic E-state index is -0.589. The minimum Gasteiger partial charge on any atom is -0.493 e. The van der Waals surface area contributed by atoms with Gasteiger partial charge in [0, 0.05) is 5.56 Å². The van der Waals surface area contributed by atoms with Crippen molar-refractivity contribution >= 4 is 17.5 Å². The largest absolute Gasteiger partial charge is 0.493 e. The number of carbonyl (C=O) groups is 2. The van der Waals surface area contributed by atoms with Crippen LogP contribution in [0.5, 0.6) is 17.2 Å². The third-order valence-corrected chi connectivity index (χ3v) is 3.81. The number of benzene rings is 2. The van der Waals surface area contributed by atoms with Crippen molar-refractivity contribution in [2.24, 2.45) is 0 Å². The number of hydrogen-bond acceptors (Lipinski definition) is 6. The fourth-order valence-electron chi connectivity index (χ4n) is 2.39. The number of anilines is 1. The van der Waals surface area contributed by atoms with E-state index in [-0.39, 0.29) is 17.8 Å². The van der Waals surface area contributed by atoms with E-state index in [1.807, 2.05) is 0 Å². The number of carbonyl (C=O) groups excluding carboxylic acids is 2. The third-order valence-electron chi connectivity index (χ3n) is 3.81. The molecule has 2 rings (SSSR count). The summed E-state index contributed by atoms with van der Waals surface area (Å²) in [4.78, 5) is 24.2. The van der Waals surface area contributed by atoms with Crippen LogP contribution in [0.2, 0.25) is 0 Å². The number of aryl methyl sites for hydroxylation is 1. The second kappa shape index (κ2) is 9.45. The van der Waals surface area contributed by atoms with E-state index in [4.69, 9.17) is 14.2 Å². The summed E-state index contributed by atoms with van der Waals surface area (Å²) in [5.74, 6) is -0.663. The zero-order valence-electron chi connectivity index (χ0n) is 16.0. The normalized spacial score (nSPS) is 10.0. The van der Waals surface area contributed by atoms with Gasteiger partial charge in [-0.3, -0.25) is 20.4 Å². The molecule has 150 valence electrons. The first kappa shape index (κ1) is 20.8. The molecule has 0 bridgehead atoms. The Hall–Kier alpha value is -3.49. The molecule has 8 nitrogen and oxygen atoms in total. The van der Waals surface area contributed by atoms with E-state index in [0.29, 0.717) is 17.2 Å². The first-order valence-corrected chi connectivity index (χ1v) is 8.28. The number of hydrazine groups is 1. The van der Waals surface area contributed by atoms with E-state index in [1.54, 1.807) is 13.0 Å². The van der Waals surface area contributed by atoms with Gasteiger partial charge in [0.2, 0.25) is 5.75 Å². The van der Waals surface area contributed by atoms with Gasteiger partial charge < -0.3 is 19.5 Å². The van der Waals surface area contributed by atoms with Crippen molar-refractivity contribution in [3.63, 3.8) is 0 Å². The van der Waals surface area contributed by atoms with Gasteiger partial charge in [0.1, 0.15) is 5.82 Å². The number of nitrogens with one attached hydrogen (secondary N) is 3. The summed E-state index contributed by atoms with van der Waals surface area (Å²) in [6, 6.07) is 7.50. The van der Waals surface area contributed by atoms with E-state index < -0.39 is 17.6 Å². The predicted octanol–water partition coefficient (Wildman–Crippen LogP) is 2.03. The summed E-state index contributed by atoms with van der Waals surface area (Å²) in [6.07, 6.45) is 0. The molecule has 0 heterocycles. The fraction of sp³-hybridized carbons (Fsp3) is 0.263. The molecule has 0 aliphatic carbocycles. The zero-order valence-corrected chi connectivity index (χ0v) is 16.0. The van der Waals surface area contributed by atoms with Gasteiger partial charge in [0.05, 0.1) is 33.6 Å². The Morgan fingerprint density at radius 1 is 0.964 bits per heavy atom. The molecule has 0 fully saturated rings. The Kier molecular flexibility index (Phi) is 7.02. The van der Waals surface area contributed by atoms with E-state index in [2.05, 4.69) is 16.2 Å². The molecule has 0 saturated heterocycles. The van der Waals surface area contributed by atoms with Crippen LogP contribution in [0, 0.1) is 12.7 Å². The van der Waals surface area contributed by atoms with Gasteiger partial charge in [-0.05, 0) is 36.8 Å². The highest BCUT2D eigenvalue weighted by molar-refractivity contribution is 5.97. The molecule has 0 unspecified atom stereocenters. The van der Waals surface area contributed by atoms with Crippen molar-refractivity contribution in [3.8, 4) is 17.2 Å². The Labute approximate surface area is 161 Å². The number of amides is 2. The predicted molar refractivity (Wildman–Crippen MR) is 101 cm³/mol. The Morgan fingerprint density at radius 2 is 1.61 bits per heavy atom. The van der Waals surface area contributed by atoms with E-state index in [0.717, 1.165) is 5.56 Å². The van der Waals surface area contributed by atoms with Crippen LogP contribution in [-0.4, -0.2) is 39.7 Å². The van der Waals surface area contributed by atoms with Crippen molar-refractivity contribution in [1.29, 1.82) is 0 Å². The average Bonchev–Trinajstić information content (AvgIpc) is 2.69. The summed E-state index contributed by atoms with van der Waals surface area (Å²) in [7, 11) is 4.30. The van der Waals surface area contributed by atoms with E-state index >= 15 is 0 Å². The Balaban J connectivity index is 1.96. The highest BCUT2D eigenvalue weighted by Gasteiger charge is 2.17. The van der Waals surface area contributed by atoms with Gasteiger partial charge in [-0.15, -0.1) is 0 Å². The third kappa shape index (κ3) is 5.03. The summed E-state index contributed by atoms with van der Waals surface area (Å²) in [5, 5.41) is 2.66. The van der Waals surface area contributed by atoms with Crippen LogP contribution < -0.4 is 30.4 Å². The Morgan fingerprint density at radius 3 is 2.14 bits per heavy atom. The minimum absolute atomic E-state index is 0.187. The lowest BCUT2D eigenvalue weighted by atomic mass is 10.1. The highest BCUT2D eigenvalue weighted by Crippen LogP contribution is 2.38. The van der Waals surface area contributed by atoms with Gasteiger partial charge in [-0.25, -0.2) is 4.39 Å². The number of ether oxygens (including phenoxy) is 3. The summed E-state index contributed by atoms with van der Waals surface area (Å²) >= 11 is 0. The quantitative estimate of drug-likeness (QED) is 0.625. The highest BCUT2D eigenvalue weighted by atomic mass is 19.1. The molecule has 28 heavy (non-hydrogen) atoms. The van der Waals surface area contributed by atoms with E-state index in [1.165, 1.54) is 45.6 Å². The van der Waals surface area contributed by atoms with Crippen LogP contribution in [0.15, 0.2) is 30.3 Å². The molecule has 3 N–H and O–H groups in total. The smallest absolute Gasteiger partial charge is 0.269 e. The van der Waals surface area contributed by atoms with Crippen LogP contribution in [0.4, 0.5) is 10.1 Å². The summed E-state index contributed by atoms with van der Waals surface area (Å²) < 4.78 is 29.3. The number of halogens is 1. The number of methoxy groups -OCH3 is 3. The maximum atomic E-state index is 13.7. The van der Waals surface area contributed by atoms with Gasteiger partial charge in [0.25, 0.3) is 11.8 Å². The topological polar surface area (TPSA) is 97.9 Å². The summed E-state index contributed by atoms with van der Waals surface area (Å²) in [5.41, 5.74) is 5.67. The zero-order chi connectivity index (χ0) is 20.7. The van der Waals surface area contributed by atoms with Crippen molar-refractivity contribution in [2.45, 2.75) is 6.92 Å². The van der Waals surface area contributed by atoms with Crippen molar-refractivity contribution < 1.29 is 28.2 Å². The van der Waals surface area contributed by atoms with Crippen LogP contribution >= 0.6 is 0 Å². The SMILES string of the molecule is COc1cc(C(=O)NNC(=O)CNc2ccc(C)cc2F)cc(OC)c1OC. The fourth-order valence-corrected chi connectivity index (χ4v) is 2.39. The molecular formula is C19H22FN3O5. The van der Waals surface area contributed by atoms with Gasteiger partial charge in [-0.2, -0.15) is 0 Å². The van der Waals surface area contributed by atoms with Crippen molar-refractivity contribution in [2.75, 3.05) is 33.2 Å². The monoisotopic (exact) mass is 391 g/mol.